The lowest BCUT2D eigenvalue weighted by molar-refractivity contribution is 0.0624. The highest BCUT2D eigenvalue weighted by molar-refractivity contribution is 9.10. The normalized spacial score (nSPS) is 23.4. The summed E-state index contributed by atoms with van der Waals surface area (Å²) >= 11 is 2.97. The molecule has 11 heteroatoms. The van der Waals surface area contributed by atoms with Gasteiger partial charge in [-0.1, -0.05) is 19.6 Å². The van der Waals surface area contributed by atoms with Crippen molar-refractivity contribution < 1.29 is 22.6 Å². The Hall–Kier alpha value is -1.43. The minimum Gasteiger partial charge on any atom is -0.463 e. The van der Waals surface area contributed by atoms with Gasteiger partial charge in [0.1, 0.15) is 36.2 Å². The van der Waals surface area contributed by atoms with E-state index in [1.807, 2.05) is 0 Å². The average molecular weight is 548 g/mol. The summed E-state index contributed by atoms with van der Waals surface area (Å²) in [4.78, 5) is 19.4. The van der Waals surface area contributed by atoms with E-state index >= 15 is 0 Å². The Morgan fingerprint density at radius 2 is 2.09 bits per heavy atom. The Labute approximate surface area is 200 Å². The van der Waals surface area contributed by atoms with Crippen molar-refractivity contribution in [2.24, 2.45) is 0 Å². The maximum atomic E-state index is 14.7. The molecule has 182 valence electrons. The zero-order valence-electron chi connectivity index (χ0n) is 19.1. The molecule has 0 saturated carbocycles. The number of hydrogen-bond donors (Lipinski definition) is 0. The fourth-order valence-electron chi connectivity index (χ4n) is 4.67. The molecular weight excluding hydrogens is 519 g/mol. The molecule has 2 aliphatic rings. The van der Waals surface area contributed by atoms with E-state index < -0.39 is 47.9 Å². The fourth-order valence-corrected chi connectivity index (χ4v) is 5.82. The maximum Gasteiger partial charge on any atom is 0.301 e. The summed E-state index contributed by atoms with van der Waals surface area (Å²) < 4.78 is 56.1. The van der Waals surface area contributed by atoms with Gasteiger partial charge in [-0.3, -0.25) is 9.69 Å². The zero-order valence-corrected chi connectivity index (χ0v) is 21.7. The highest BCUT2D eigenvalue weighted by atomic mass is 79.9. The van der Waals surface area contributed by atoms with E-state index in [1.165, 1.54) is 0 Å². The molecule has 0 aliphatic carbocycles. The van der Waals surface area contributed by atoms with Crippen molar-refractivity contribution in [3.8, 4) is 6.01 Å². The summed E-state index contributed by atoms with van der Waals surface area (Å²) in [6.45, 7) is 8.10. The van der Waals surface area contributed by atoms with Crippen LogP contribution in [0.1, 0.15) is 19.3 Å². The third-order valence-electron chi connectivity index (χ3n) is 6.49. The van der Waals surface area contributed by atoms with E-state index in [9.17, 15) is 18.0 Å². The molecule has 33 heavy (non-hydrogen) atoms. The van der Waals surface area contributed by atoms with Crippen LogP contribution in [0.25, 0.3) is 10.9 Å². The molecule has 4 rings (SSSR count). The third kappa shape index (κ3) is 5.01. The van der Waals surface area contributed by atoms with E-state index in [0.29, 0.717) is 19.6 Å². The molecule has 3 heterocycles. The number of alkyl halides is 1. The number of ether oxygens (including phenoxy) is 2. The molecule has 0 amide bonds. The second-order valence-electron chi connectivity index (χ2n) is 10.2. The predicted molar refractivity (Wildman–Crippen MR) is 126 cm³/mol. The first-order valence-electron chi connectivity index (χ1n) is 11.2. The molecule has 2 saturated heterocycles. The Bertz CT molecular complexity index is 1110. The van der Waals surface area contributed by atoms with Crippen molar-refractivity contribution in [3.63, 3.8) is 0 Å². The largest absolute Gasteiger partial charge is 0.463 e. The van der Waals surface area contributed by atoms with Crippen molar-refractivity contribution in [3.05, 3.63) is 32.5 Å². The lowest BCUT2D eigenvalue weighted by Crippen LogP contribution is -2.44. The van der Waals surface area contributed by atoms with Gasteiger partial charge in [0.05, 0.1) is 10.0 Å². The number of halogens is 4. The summed E-state index contributed by atoms with van der Waals surface area (Å²) in [5.41, 5.74) is -1.66. The first-order valence-corrected chi connectivity index (χ1v) is 15.7. The first-order chi connectivity index (χ1) is 15.5. The topological polar surface area (TPSA) is 56.6 Å². The van der Waals surface area contributed by atoms with E-state index in [0.717, 1.165) is 36.1 Å². The maximum absolute atomic E-state index is 14.7. The van der Waals surface area contributed by atoms with Crippen molar-refractivity contribution in [2.75, 3.05) is 26.3 Å². The van der Waals surface area contributed by atoms with Gasteiger partial charge in [-0.15, -0.1) is 0 Å². The zero-order chi connectivity index (χ0) is 24.0. The van der Waals surface area contributed by atoms with E-state index in [1.54, 1.807) is 0 Å². The summed E-state index contributed by atoms with van der Waals surface area (Å²) in [6.07, 6.45) is 1.10. The molecule has 0 bridgehead atoms. The minimum atomic E-state index is -1.36. The molecule has 1 aromatic carbocycles. The van der Waals surface area contributed by atoms with Crippen LogP contribution in [0.3, 0.4) is 0 Å². The average Bonchev–Trinajstić information content (AvgIpc) is 3.23. The Balaban J connectivity index is 1.68. The second kappa shape index (κ2) is 9.31. The van der Waals surface area contributed by atoms with Crippen molar-refractivity contribution in [1.29, 1.82) is 0 Å². The van der Waals surface area contributed by atoms with E-state index in [4.69, 9.17) is 9.47 Å². The van der Waals surface area contributed by atoms with Gasteiger partial charge in [0.2, 0.25) is 0 Å². The van der Waals surface area contributed by atoms with Crippen molar-refractivity contribution in [2.45, 2.75) is 63.4 Å². The molecule has 0 unspecified atom stereocenters. The van der Waals surface area contributed by atoms with Crippen LogP contribution in [0.4, 0.5) is 13.2 Å². The van der Waals surface area contributed by atoms with Crippen molar-refractivity contribution >= 4 is 34.9 Å². The van der Waals surface area contributed by atoms with Crippen LogP contribution in [-0.2, 0) is 11.5 Å². The van der Waals surface area contributed by atoms with Gasteiger partial charge < -0.3 is 9.47 Å². The Kier molecular flexibility index (Phi) is 6.97. The smallest absolute Gasteiger partial charge is 0.301 e. The van der Waals surface area contributed by atoms with Crippen LogP contribution in [0.5, 0.6) is 6.01 Å². The molecule has 2 aromatic rings. The standard InChI is InChI=1S/C22H29BrF3N3O3Si/c1-33(2,3)8-7-31-13-29-20(30)17-16(25)9-15(23)18(26)19(17)27-21(29)32-12-22-5-4-6-28(22)11-14(24)10-22/h9,14H,4-8,10-13H2,1-3H3/t14-,22+/m1/s1. The Morgan fingerprint density at radius 1 is 1.33 bits per heavy atom. The first kappa shape index (κ1) is 24.7. The third-order valence-corrected chi connectivity index (χ3v) is 8.77. The summed E-state index contributed by atoms with van der Waals surface area (Å²) in [5, 5.41) is -0.456. The number of benzene rings is 1. The van der Waals surface area contributed by atoms with Crippen LogP contribution >= 0.6 is 15.9 Å². The molecule has 2 atom stereocenters. The quantitative estimate of drug-likeness (QED) is 0.272. The van der Waals surface area contributed by atoms with Gasteiger partial charge >= 0.3 is 6.01 Å². The monoisotopic (exact) mass is 547 g/mol. The summed E-state index contributed by atoms with van der Waals surface area (Å²) in [6, 6.07) is 1.64. The highest BCUT2D eigenvalue weighted by Crippen LogP contribution is 2.40. The second-order valence-corrected chi connectivity index (χ2v) is 16.7. The number of aromatic nitrogens is 2. The number of nitrogens with zero attached hydrogens (tertiary/aromatic N) is 3. The van der Waals surface area contributed by atoms with Gasteiger partial charge in [0.15, 0.2) is 5.82 Å². The number of hydrogen-bond acceptors (Lipinski definition) is 5. The fraction of sp³-hybridized carbons (Fsp3) is 0.636. The number of fused-ring (bicyclic) bond motifs is 2. The van der Waals surface area contributed by atoms with Crippen LogP contribution in [-0.4, -0.2) is 60.5 Å². The minimum absolute atomic E-state index is 0.109. The molecule has 1 aromatic heterocycles. The number of rotatable bonds is 8. The molecule has 2 aliphatic heterocycles. The summed E-state index contributed by atoms with van der Waals surface area (Å²) in [5.74, 6) is -1.72. The van der Waals surface area contributed by atoms with Crippen molar-refractivity contribution in [1.82, 2.24) is 14.5 Å². The molecule has 0 spiro atoms. The predicted octanol–water partition coefficient (Wildman–Crippen LogP) is 4.70. The lowest BCUT2D eigenvalue weighted by atomic mass is 9.95. The Morgan fingerprint density at radius 3 is 2.82 bits per heavy atom. The van der Waals surface area contributed by atoms with Crippen LogP contribution in [0.2, 0.25) is 25.7 Å². The van der Waals surface area contributed by atoms with Crippen LogP contribution in [0, 0.1) is 11.6 Å². The lowest BCUT2D eigenvalue weighted by Gasteiger charge is -2.31. The van der Waals surface area contributed by atoms with E-state index in [-0.39, 0.29) is 23.8 Å². The van der Waals surface area contributed by atoms with Gasteiger partial charge in [-0.2, -0.15) is 4.98 Å². The van der Waals surface area contributed by atoms with Crippen LogP contribution in [0.15, 0.2) is 15.3 Å². The van der Waals surface area contributed by atoms with Gasteiger partial charge in [0, 0.05) is 27.6 Å². The van der Waals surface area contributed by atoms with Crippen LogP contribution < -0.4 is 10.3 Å². The molecule has 2 fully saturated rings. The van der Waals surface area contributed by atoms with Gasteiger partial charge in [0.25, 0.3) is 5.56 Å². The molecular formula is C22H29BrF3N3O3Si. The van der Waals surface area contributed by atoms with Gasteiger partial charge in [-0.05, 0) is 47.4 Å². The molecule has 6 nitrogen and oxygen atoms in total. The SMILES string of the molecule is C[Si](C)(C)CCOCn1c(OC[C@@]23CCCN2C[C@H](F)C3)nc2c(F)c(Br)cc(F)c2c1=O. The molecule has 0 radical (unpaired) electrons. The highest BCUT2D eigenvalue weighted by Gasteiger charge is 2.49. The van der Waals surface area contributed by atoms with E-state index in [2.05, 4.69) is 45.5 Å². The summed E-state index contributed by atoms with van der Waals surface area (Å²) in [7, 11) is -1.36. The van der Waals surface area contributed by atoms with Gasteiger partial charge in [-0.25, -0.2) is 17.7 Å². The molecule has 0 N–H and O–H groups in total.